The summed E-state index contributed by atoms with van der Waals surface area (Å²) in [6.45, 7) is 1.94. The van der Waals surface area contributed by atoms with Crippen LogP contribution >= 0.6 is 0 Å². The minimum absolute atomic E-state index is 0.164. The van der Waals surface area contributed by atoms with E-state index in [4.69, 9.17) is 4.42 Å². The number of anilines is 1. The molecule has 1 aromatic heterocycles. The van der Waals surface area contributed by atoms with Crippen molar-refractivity contribution in [3.63, 3.8) is 0 Å². The van der Waals surface area contributed by atoms with Crippen molar-refractivity contribution in [1.29, 1.82) is 0 Å². The van der Waals surface area contributed by atoms with E-state index in [9.17, 15) is 13.2 Å². The number of carbonyl (C=O) groups excluding carboxylic acids is 1. The van der Waals surface area contributed by atoms with E-state index in [1.807, 2.05) is 0 Å². The van der Waals surface area contributed by atoms with Crippen molar-refractivity contribution in [3.05, 3.63) is 45.7 Å². The first-order chi connectivity index (χ1) is 14.5. The van der Waals surface area contributed by atoms with Gasteiger partial charge in [-0.3, -0.25) is 4.90 Å². The molecule has 158 valence electrons. The molecule has 7 nitrogen and oxygen atoms in total. The number of rotatable bonds is 3. The maximum absolute atomic E-state index is 12.9. The number of furan rings is 1. The third kappa shape index (κ3) is 2.80. The Kier molecular flexibility index (Phi) is 4.05. The molecule has 0 radical (unpaired) electrons. The number of carbonyl (C=O) groups is 1. The van der Waals surface area contributed by atoms with Gasteiger partial charge >= 0.3 is 6.03 Å². The Hall–Kier alpha value is -2.32. The highest BCUT2D eigenvalue weighted by molar-refractivity contribution is 7.89. The van der Waals surface area contributed by atoms with Gasteiger partial charge in [-0.2, -0.15) is 8.42 Å². The summed E-state index contributed by atoms with van der Waals surface area (Å²) in [6.07, 6.45) is 7.80. The zero-order valence-corrected chi connectivity index (χ0v) is 17.6. The maximum Gasteiger partial charge on any atom is 0.333 e. The van der Waals surface area contributed by atoms with E-state index < -0.39 is 16.1 Å². The third-order valence-electron chi connectivity index (χ3n) is 7.14. The third-order valence-corrected chi connectivity index (χ3v) is 8.33. The molecular weight excluding hydrogens is 402 g/mol. The Labute approximate surface area is 175 Å². The lowest BCUT2D eigenvalue weighted by Crippen LogP contribution is -2.35. The number of sulfonamides is 1. The minimum Gasteiger partial charge on any atom is -0.447 e. The monoisotopic (exact) mass is 427 g/mol. The van der Waals surface area contributed by atoms with Gasteiger partial charge in [-0.05, 0) is 73.7 Å². The second kappa shape index (κ2) is 6.59. The molecule has 0 spiro atoms. The molecule has 2 N–H and O–H groups in total. The minimum atomic E-state index is -4.07. The predicted molar refractivity (Wildman–Crippen MR) is 111 cm³/mol. The lowest BCUT2D eigenvalue weighted by molar-refractivity contribution is 0.228. The topological polar surface area (TPSA) is 91.7 Å². The van der Waals surface area contributed by atoms with Crippen LogP contribution in [0.2, 0.25) is 0 Å². The van der Waals surface area contributed by atoms with Crippen LogP contribution in [0.4, 0.5) is 10.5 Å². The number of urea groups is 1. The number of aryl methyl sites for hydroxylation is 2. The number of hydrogen-bond donors (Lipinski definition) is 2. The first-order valence-electron chi connectivity index (χ1n) is 10.9. The number of fused-ring (bicyclic) bond motifs is 5. The molecule has 3 heterocycles. The molecule has 1 aromatic carbocycles. The van der Waals surface area contributed by atoms with Gasteiger partial charge < -0.3 is 9.73 Å². The molecule has 2 amide bonds. The second-order valence-electron chi connectivity index (χ2n) is 8.83. The highest BCUT2D eigenvalue weighted by atomic mass is 32.2. The van der Waals surface area contributed by atoms with Gasteiger partial charge in [0.1, 0.15) is 5.76 Å². The fraction of sp³-hybridized carbons (Fsp3) is 0.500. The Bertz CT molecular complexity index is 1170. The molecular formula is C22H25N3O4S. The zero-order chi connectivity index (χ0) is 20.5. The summed E-state index contributed by atoms with van der Waals surface area (Å²) >= 11 is 0. The SMILES string of the molecule is O=C(Nc1c2c(cc3c1CC3)CCC2)NS(=O)(=O)c1cc2c(o1)CCN1CCCC21. The fourth-order valence-corrected chi connectivity index (χ4v) is 6.51. The van der Waals surface area contributed by atoms with Crippen LogP contribution in [0, 0.1) is 0 Å². The highest BCUT2D eigenvalue weighted by Crippen LogP contribution is 2.41. The molecule has 1 unspecified atom stereocenters. The van der Waals surface area contributed by atoms with Crippen LogP contribution in [0.3, 0.4) is 0 Å². The van der Waals surface area contributed by atoms with E-state index in [1.54, 1.807) is 6.07 Å². The van der Waals surface area contributed by atoms with Crippen LogP contribution in [0.15, 0.2) is 21.6 Å². The van der Waals surface area contributed by atoms with Crippen molar-refractivity contribution in [2.24, 2.45) is 0 Å². The van der Waals surface area contributed by atoms with Crippen LogP contribution in [0.1, 0.15) is 58.9 Å². The van der Waals surface area contributed by atoms with Crippen LogP contribution in [-0.2, 0) is 42.1 Å². The average Bonchev–Trinajstić information content (AvgIpc) is 3.41. The van der Waals surface area contributed by atoms with Crippen molar-refractivity contribution < 1.29 is 17.6 Å². The highest BCUT2D eigenvalue weighted by Gasteiger charge is 2.36. The Morgan fingerprint density at radius 1 is 1.00 bits per heavy atom. The molecule has 2 aliphatic carbocycles. The largest absolute Gasteiger partial charge is 0.447 e. The number of nitrogens with zero attached hydrogens (tertiary/aromatic N) is 1. The Balaban J connectivity index is 1.24. The van der Waals surface area contributed by atoms with E-state index in [0.29, 0.717) is 6.42 Å². The smallest absolute Gasteiger partial charge is 0.333 e. The van der Waals surface area contributed by atoms with Crippen LogP contribution in [0.25, 0.3) is 0 Å². The number of nitrogens with one attached hydrogen (secondary N) is 2. The molecule has 1 fully saturated rings. The average molecular weight is 428 g/mol. The lowest BCUT2D eigenvalue weighted by atomic mass is 9.83. The molecule has 6 rings (SSSR count). The Morgan fingerprint density at radius 2 is 1.83 bits per heavy atom. The number of amides is 2. The predicted octanol–water partition coefficient (Wildman–Crippen LogP) is 3.07. The van der Waals surface area contributed by atoms with Crippen molar-refractivity contribution in [3.8, 4) is 0 Å². The quantitative estimate of drug-likeness (QED) is 0.786. The summed E-state index contributed by atoms with van der Waals surface area (Å²) in [5.41, 5.74) is 6.65. The summed E-state index contributed by atoms with van der Waals surface area (Å²) in [7, 11) is -4.07. The molecule has 0 saturated carbocycles. The summed E-state index contributed by atoms with van der Waals surface area (Å²) in [6, 6.07) is 3.38. The van der Waals surface area contributed by atoms with Gasteiger partial charge in [-0.25, -0.2) is 9.52 Å². The molecule has 8 heteroatoms. The van der Waals surface area contributed by atoms with Crippen molar-refractivity contribution in [2.75, 3.05) is 18.4 Å². The lowest BCUT2D eigenvalue weighted by Gasteiger charge is -2.28. The molecule has 30 heavy (non-hydrogen) atoms. The summed E-state index contributed by atoms with van der Waals surface area (Å²) in [5, 5.41) is 2.68. The first-order valence-corrected chi connectivity index (χ1v) is 12.3. The Morgan fingerprint density at radius 3 is 2.67 bits per heavy atom. The normalized spacial score (nSPS) is 21.9. The van der Waals surface area contributed by atoms with Crippen molar-refractivity contribution in [2.45, 2.75) is 62.5 Å². The standard InChI is InChI=1S/C22H25N3O4S/c26-22(23-21-15-4-1-3-13(15)11-14-6-7-16(14)21)24-30(27,28)20-12-17-18-5-2-9-25(18)10-8-19(17)29-20/h11-12,18H,1-10H2,(H2,23,24,26). The maximum atomic E-state index is 12.9. The molecule has 4 aliphatic rings. The van der Waals surface area contributed by atoms with Crippen LogP contribution < -0.4 is 10.0 Å². The van der Waals surface area contributed by atoms with Gasteiger partial charge in [0.25, 0.3) is 10.0 Å². The molecule has 2 aliphatic heterocycles. The summed E-state index contributed by atoms with van der Waals surface area (Å²) in [5.74, 6) is 0.737. The van der Waals surface area contributed by atoms with Crippen LogP contribution in [0.5, 0.6) is 0 Å². The van der Waals surface area contributed by atoms with Crippen molar-refractivity contribution in [1.82, 2.24) is 9.62 Å². The van der Waals surface area contributed by atoms with E-state index in [-0.39, 0.29) is 11.1 Å². The molecule has 0 bridgehead atoms. The summed E-state index contributed by atoms with van der Waals surface area (Å²) < 4.78 is 33.6. The number of hydrogen-bond acceptors (Lipinski definition) is 5. The van der Waals surface area contributed by atoms with Gasteiger partial charge in [0.05, 0.1) is 0 Å². The van der Waals surface area contributed by atoms with E-state index in [0.717, 1.165) is 86.2 Å². The van der Waals surface area contributed by atoms with E-state index in [1.165, 1.54) is 11.1 Å². The van der Waals surface area contributed by atoms with Crippen molar-refractivity contribution >= 4 is 21.7 Å². The fourth-order valence-electron chi connectivity index (χ4n) is 5.62. The van der Waals surface area contributed by atoms with Gasteiger partial charge in [0, 0.05) is 36.3 Å². The van der Waals surface area contributed by atoms with E-state index in [2.05, 4.69) is 21.0 Å². The zero-order valence-electron chi connectivity index (χ0n) is 16.8. The van der Waals surface area contributed by atoms with Gasteiger partial charge in [0.2, 0.25) is 5.09 Å². The van der Waals surface area contributed by atoms with Gasteiger partial charge in [-0.15, -0.1) is 0 Å². The molecule has 2 aromatic rings. The van der Waals surface area contributed by atoms with Crippen LogP contribution in [-0.4, -0.2) is 32.4 Å². The van der Waals surface area contributed by atoms with Gasteiger partial charge in [-0.1, -0.05) is 6.07 Å². The van der Waals surface area contributed by atoms with E-state index >= 15 is 0 Å². The number of benzene rings is 1. The van der Waals surface area contributed by atoms with Gasteiger partial charge in [0.15, 0.2) is 0 Å². The molecule has 1 atom stereocenters. The summed E-state index contributed by atoms with van der Waals surface area (Å²) in [4.78, 5) is 15.0. The molecule has 1 saturated heterocycles. The second-order valence-corrected chi connectivity index (χ2v) is 10.4. The first kappa shape index (κ1) is 18.4.